The molecule has 2 aromatic heterocycles. The number of esters is 1. The molecule has 102 valence electrons. The van der Waals surface area contributed by atoms with Gasteiger partial charge in [0.05, 0.1) is 12.3 Å². The van der Waals surface area contributed by atoms with Crippen molar-refractivity contribution in [3.05, 3.63) is 36.0 Å². The van der Waals surface area contributed by atoms with Crippen LogP contribution in [0.1, 0.15) is 17.3 Å². The van der Waals surface area contributed by atoms with Gasteiger partial charge in [0.1, 0.15) is 16.7 Å². The summed E-state index contributed by atoms with van der Waals surface area (Å²) < 4.78 is 10.8. The van der Waals surface area contributed by atoms with Crippen LogP contribution >= 0.6 is 0 Å². The predicted octanol–water partition coefficient (Wildman–Crippen LogP) is 3.20. The van der Waals surface area contributed by atoms with E-state index in [4.69, 9.17) is 9.15 Å². The van der Waals surface area contributed by atoms with Gasteiger partial charge < -0.3 is 14.5 Å². The molecule has 0 saturated heterocycles. The van der Waals surface area contributed by atoms with Gasteiger partial charge >= 0.3 is 5.97 Å². The second-order valence-electron chi connectivity index (χ2n) is 4.29. The minimum Gasteiger partial charge on any atom is -0.462 e. The average Bonchev–Trinajstić information content (AvgIpc) is 2.85. The zero-order valence-electron chi connectivity index (χ0n) is 11.3. The first-order valence-electron chi connectivity index (χ1n) is 6.41. The van der Waals surface area contributed by atoms with E-state index < -0.39 is 5.97 Å². The summed E-state index contributed by atoms with van der Waals surface area (Å²) in [5, 5.41) is 3.93. The quantitative estimate of drug-likeness (QED) is 0.740. The van der Waals surface area contributed by atoms with E-state index in [0.717, 1.165) is 16.5 Å². The van der Waals surface area contributed by atoms with Gasteiger partial charge in [-0.15, -0.1) is 0 Å². The third-order valence-corrected chi connectivity index (χ3v) is 3.13. The highest BCUT2D eigenvalue weighted by molar-refractivity contribution is 6.10. The van der Waals surface area contributed by atoms with E-state index in [1.807, 2.05) is 24.3 Å². The van der Waals surface area contributed by atoms with Crippen LogP contribution in [0.3, 0.4) is 0 Å². The molecule has 1 N–H and O–H groups in total. The lowest BCUT2D eigenvalue weighted by Crippen LogP contribution is -2.08. The summed E-state index contributed by atoms with van der Waals surface area (Å²) >= 11 is 0. The highest BCUT2D eigenvalue weighted by atomic mass is 16.5. The smallest absolute Gasteiger partial charge is 0.341 e. The first-order chi connectivity index (χ1) is 9.76. The van der Waals surface area contributed by atoms with Crippen molar-refractivity contribution in [3.63, 3.8) is 0 Å². The molecule has 0 bridgehead atoms. The van der Waals surface area contributed by atoms with Crippen LogP contribution in [0, 0.1) is 0 Å². The topological polar surface area (TPSA) is 64.4 Å². The minimum absolute atomic E-state index is 0.320. The minimum atomic E-state index is -0.410. The van der Waals surface area contributed by atoms with Crippen LogP contribution in [0.25, 0.3) is 22.1 Å². The van der Waals surface area contributed by atoms with E-state index in [-0.39, 0.29) is 0 Å². The highest BCUT2D eigenvalue weighted by Gasteiger charge is 2.19. The zero-order chi connectivity index (χ0) is 14.1. The number of carbonyl (C=O) groups is 1. The Morgan fingerprint density at radius 1 is 1.40 bits per heavy atom. The molecule has 0 atom stereocenters. The largest absolute Gasteiger partial charge is 0.462 e. The maximum Gasteiger partial charge on any atom is 0.341 e. The van der Waals surface area contributed by atoms with Gasteiger partial charge in [-0.2, -0.15) is 0 Å². The van der Waals surface area contributed by atoms with Crippen LogP contribution in [-0.2, 0) is 4.74 Å². The zero-order valence-corrected chi connectivity index (χ0v) is 11.3. The van der Waals surface area contributed by atoms with E-state index in [9.17, 15) is 4.79 Å². The van der Waals surface area contributed by atoms with E-state index in [0.29, 0.717) is 23.4 Å². The molecule has 5 heteroatoms. The molecule has 0 aliphatic carbocycles. The van der Waals surface area contributed by atoms with Gasteiger partial charge in [0.2, 0.25) is 0 Å². The number of hydrogen-bond donors (Lipinski definition) is 1. The lowest BCUT2D eigenvalue weighted by atomic mass is 10.2. The molecule has 0 aliphatic rings. The molecule has 0 spiro atoms. The van der Waals surface area contributed by atoms with Crippen molar-refractivity contribution >= 4 is 33.7 Å². The first kappa shape index (κ1) is 12.5. The Morgan fingerprint density at radius 2 is 2.20 bits per heavy atom. The molecule has 0 unspecified atom stereocenters. The molecule has 0 amide bonds. The summed E-state index contributed by atoms with van der Waals surface area (Å²) in [6, 6.07) is 7.64. The predicted molar refractivity (Wildman–Crippen MR) is 77.0 cm³/mol. The number of carbonyl (C=O) groups excluding carboxylic acids is 1. The number of benzene rings is 1. The van der Waals surface area contributed by atoms with E-state index >= 15 is 0 Å². The van der Waals surface area contributed by atoms with E-state index in [2.05, 4.69) is 10.3 Å². The molecule has 0 fully saturated rings. The van der Waals surface area contributed by atoms with Gasteiger partial charge in [-0.25, -0.2) is 4.79 Å². The van der Waals surface area contributed by atoms with Crippen LogP contribution in [-0.4, -0.2) is 24.6 Å². The molecular formula is C15H14N2O3. The molecule has 2 heterocycles. The lowest BCUT2D eigenvalue weighted by Gasteiger charge is -2.07. The first-order valence-corrected chi connectivity index (χ1v) is 6.41. The molecular weight excluding hydrogens is 256 g/mol. The summed E-state index contributed by atoms with van der Waals surface area (Å²) in [5.74, 6) is -0.410. The molecule has 3 aromatic rings. The van der Waals surface area contributed by atoms with Gasteiger partial charge in [-0.3, -0.25) is 4.98 Å². The number of rotatable bonds is 3. The number of furan rings is 1. The summed E-state index contributed by atoms with van der Waals surface area (Å²) in [7, 11) is 1.74. The number of anilines is 1. The summed E-state index contributed by atoms with van der Waals surface area (Å²) in [4.78, 5) is 16.3. The monoisotopic (exact) mass is 270 g/mol. The van der Waals surface area contributed by atoms with Crippen molar-refractivity contribution < 1.29 is 13.9 Å². The second kappa shape index (κ2) is 4.85. The number of nitrogens with one attached hydrogen (secondary N) is 1. The number of nitrogens with zero attached hydrogens (tertiary/aromatic N) is 1. The number of para-hydroxylation sites is 1. The Hall–Kier alpha value is -2.56. The molecule has 3 rings (SSSR count). The van der Waals surface area contributed by atoms with Crippen molar-refractivity contribution in [2.75, 3.05) is 19.0 Å². The Bertz CT molecular complexity index is 792. The summed E-state index contributed by atoms with van der Waals surface area (Å²) in [6.45, 7) is 2.09. The van der Waals surface area contributed by atoms with E-state index in [1.165, 1.54) is 6.20 Å². The number of pyridine rings is 1. The lowest BCUT2D eigenvalue weighted by molar-refractivity contribution is 0.0527. The van der Waals surface area contributed by atoms with Crippen LogP contribution in [0.5, 0.6) is 0 Å². The molecule has 20 heavy (non-hydrogen) atoms. The third-order valence-electron chi connectivity index (χ3n) is 3.13. The maximum absolute atomic E-state index is 11.9. The Kier molecular flexibility index (Phi) is 3.02. The van der Waals surface area contributed by atoms with Crippen molar-refractivity contribution in [2.45, 2.75) is 6.92 Å². The average molecular weight is 270 g/mol. The number of hydrogen-bond acceptors (Lipinski definition) is 5. The van der Waals surface area contributed by atoms with Crippen LogP contribution < -0.4 is 5.32 Å². The fourth-order valence-electron chi connectivity index (χ4n) is 2.26. The molecule has 0 saturated carbocycles. The fraction of sp³-hybridized carbons (Fsp3) is 0.200. The van der Waals surface area contributed by atoms with Crippen LogP contribution in [0.2, 0.25) is 0 Å². The number of ether oxygens (including phenoxy) is 1. The van der Waals surface area contributed by atoms with Crippen molar-refractivity contribution in [1.82, 2.24) is 4.98 Å². The molecule has 0 radical (unpaired) electrons. The molecule has 5 nitrogen and oxygen atoms in total. The van der Waals surface area contributed by atoms with Crippen LogP contribution in [0.4, 0.5) is 5.69 Å². The van der Waals surface area contributed by atoms with E-state index in [1.54, 1.807) is 14.0 Å². The maximum atomic E-state index is 11.9. The van der Waals surface area contributed by atoms with Crippen molar-refractivity contribution in [1.29, 1.82) is 0 Å². The Labute approximate surface area is 115 Å². The van der Waals surface area contributed by atoms with Gasteiger partial charge in [0.15, 0.2) is 5.58 Å². The third kappa shape index (κ3) is 1.79. The Balaban J connectivity index is 2.30. The second-order valence-corrected chi connectivity index (χ2v) is 4.29. The van der Waals surface area contributed by atoms with Crippen molar-refractivity contribution in [2.24, 2.45) is 0 Å². The Morgan fingerprint density at radius 3 is 2.95 bits per heavy atom. The number of fused-ring (bicyclic) bond motifs is 3. The summed E-state index contributed by atoms with van der Waals surface area (Å²) in [6.07, 6.45) is 1.52. The normalized spacial score (nSPS) is 10.9. The fourth-order valence-corrected chi connectivity index (χ4v) is 2.26. The molecule has 1 aromatic carbocycles. The molecule has 0 aliphatic heterocycles. The van der Waals surface area contributed by atoms with Gasteiger partial charge in [0, 0.05) is 18.6 Å². The van der Waals surface area contributed by atoms with Gasteiger partial charge in [-0.05, 0) is 19.1 Å². The highest BCUT2D eigenvalue weighted by Crippen LogP contribution is 2.33. The summed E-state index contributed by atoms with van der Waals surface area (Å²) in [5.41, 5.74) is 3.02. The van der Waals surface area contributed by atoms with Gasteiger partial charge in [-0.1, -0.05) is 12.1 Å². The van der Waals surface area contributed by atoms with Crippen LogP contribution in [0.15, 0.2) is 34.9 Å². The standard InChI is InChI=1S/C15H14N2O3/c1-3-19-15(18)10-8-17-13-9-6-4-5-7-11(9)20-14(13)12(10)16-2/h4-8H,3H2,1-2H3,(H,16,17). The van der Waals surface area contributed by atoms with Gasteiger partial charge in [0.25, 0.3) is 0 Å². The SMILES string of the molecule is CCOC(=O)c1cnc2c(oc3ccccc32)c1NC. The number of aromatic nitrogens is 1. The van der Waals surface area contributed by atoms with Crippen molar-refractivity contribution in [3.8, 4) is 0 Å².